The molecule has 0 spiro atoms. The molecule has 2 aromatic carbocycles. The van der Waals surface area contributed by atoms with Crippen molar-refractivity contribution in [2.45, 2.75) is 24.9 Å². The summed E-state index contributed by atoms with van der Waals surface area (Å²) in [6.07, 6.45) is -0.0192. The minimum Gasteiger partial charge on any atom is -0.453 e. The molecular weight excluding hydrogens is 545 g/mol. The second-order valence-corrected chi connectivity index (χ2v) is 10.7. The number of methoxy groups -OCH3 is 1. The predicted molar refractivity (Wildman–Crippen MR) is 150 cm³/mol. The Morgan fingerprint density at radius 3 is 2.34 bits per heavy atom. The number of carbonyl (C=O) groups excluding carboxylic acids is 2. The SMILES string of the molecule is COC(=O)N[C@@H](Cc1ccccc1)C(=O)N[C@@H](Cc1ccc(N[SH](=O)=O)cc1)c1nc(-c2ccsc2)cs1. The van der Waals surface area contributed by atoms with Crippen LogP contribution < -0.4 is 15.4 Å². The average molecular weight is 571 g/mol. The van der Waals surface area contributed by atoms with Gasteiger partial charge in [-0.2, -0.15) is 11.3 Å². The quantitative estimate of drug-likeness (QED) is 0.201. The molecule has 198 valence electrons. The number of benzene rings is 2. The number of thiol groups is 1. The number of rotatable bonds is 11. The van der Waals surface area contributed by atoms with E-state index >= 15 is 0 Å². The van der Waals surface area contributed by atoms with E-state index in [9.17, 15) is 18.0 Å². The Morgan fingerprint density at radius 2 is 1.68 bits per heavy atom. The van der Waals surface area contributed by atoms with Crippen molar-refractivity contribution in [3.63, 3.8) is 0 Å². The average Bonchev–Trinajstić information content (AvgIpc) is 3.62. The Morgan fingerprint density at radius 1 is 0.947 bits per heavy atom. The van der Waals surface area contributed by atoms with Crippen LogP contribution in [-0.4, -0.2) is 38.6 Å². The molecule has 4 rings (SSSR count). The summed E-state index contributed by atoms with van der Waals surface area (Å²) in [7, 11) is -1.51. The number of thiophene rings is 1. The summed E-state index contributed by atoms with van der Waals surface area (Å²) in [5.74, 6) is -0.377. The van der Waals surface area contributed by atoms with Gasteiger partial charge in [-0.1, -0.05) is 42.5 Å². The van der Waals surface area contributed by atoms with Gasteiger partial charge in [-0.05, 0) is 41.1 Å². The van der Waals surface area contributed by atoms with Crippen molar-refractivity contribution in [3.05, 3.63) is 92.9 Å². The smallest absolute Gasteiger partial charge is 0.407 e. The van der Waals surface area contributed by atoms with Gasteiger partial charge in [0.15, 0.2) is 0 Å². The molecule has 2 aromatic heterocycles. The van der Waals surface area contributed by atoms with Crippen LogP contribution in [0.3, 0.4) is 0 Å². The van der Waals surface area contributed by atoms with Gasteiger partial charge < -0.3 is 15.4 Å². The summed E-state index contributed by atoms with van der Waals surface area (Å²) in [5, 5.41) is 12.3. The normalized spacial score (nSPS) is 12.5. The summed E-state index contributed by atoms with van der Waals surface area (Å²) < 4.78 is 29.0. The lowest BCUT2D eigenvalue weighted by Crippen LogP contribution is -2.49. The Hall–Kier alpha value is -3.74. The van der Waals surface area contributed by atoms with E-state index in [2.05, 4.69) is 15.4 Å². The maximum atomic E-state index is 13.5. The van der Waals surface area contributed by atoms with E-state index in [1.807, 2.05) is 52.5 Å². The third kappa shape index (κ3) is 7.63. The first kappa shape index (κ1) is 27.3. The van der Waals surface area contributed by atoms with Crippen LogP contribution >= 0.6 is 22.7 Å². The number of ether oxygens (including phenoxy) is 1. The van der Waals surface area contributed by atoms with Gasteiger partial charge in [-0.25, -0.2) is 18.2 Å². The Kier molecular flexibility index (Phi) is 9.46. The van der Waals surface area contributed by atoms with Gasteiger partial charge in [0.25, 0.3) is 0 Å². The van der Waals surface area contributed by atoms with Crippen molar-refractivity contribution in [3.8, 4) is 11.3 Å². The summed E-state index contributed by atoms with van der Waals surface area (Å²) >= 11 is 3.01. The van der Waals surface area contributed by atoms with Crippen molar-refractivity contribution in [1.29, 1.82) is 0 Å². The zero-order valence-electron chi connectivity index (χ0n) is 20.3. The molecule has 0 fully saturated rings. The van der Waals surface area contributed by atoms with Gasteiger partial charge >= 0.3 is 6.09 Å². The number of anilines is 1. The number of alkyl carbamates (subject to hydrolysis) is 1. The number of aromatic nitrogens is 1. The van der Waals surface area contributed by atoms with Crippen LogP contribution in [-0.2, 0) is 33.3 Å². The first-order chi connectivity index (χ1) is 18.4. The number of hydrogen-bond donors (Lipinski definition) is 4. The summed E-state index contributed by atoms with van der Waals surface area (Å²) in [4.78, 5) is 30.3. The molecule has 0 saturated carbocycles. The lowest BCUT2D eigenvalue weighted by molar-refractivity contribution is -0.123. The highest BCUT2D eigenvalue weighted by molar-refractivity contribution is 7.73. The van der Waals surface area contributed by atoms with Gasteiger partial charge in [0.1, 0.15) is 11.0 Å². The monoisotopic (exact) mass is 570 g/mol. The molecule has 9 nitrogen and oxygen atoms in total. The topological polar surface area (TPSA) is 126 Å². The van der Waals surface area contributed by atoms with Crippen LogP contribution in [0.5, 0.6) is 0 Å². The highest BCUT2D eigenvalue weighted by Gasteiger charge is 2.26. The van der Waals surface area contributed by atoms with E-state index in [-0.39, 0.29) is 12.3 Å². The van der Waals surface area contributed by atoms with Crippen molar-refractivity contribution in [2.24, 2.45) is 0 Å². The molecule has 0 aliphatic carbocycles. The van der Waals surface area contributed by atoms with Gasteiger partial charge in [-0.3, -0.25) is 9.52 Å². The van der Waals surface area contributed by atoms with Crippen molar-refractivity contribution < 1.29 is 22.7 Å². The molecule has 0 unspecified atom stereocenters. The Bertz CT molecular complexity index is 1410. The van der Waals surface area contributed by atoms with Crippen molar-refractivity contribution >= 4 is 51.3 Å². The molecule has 0 bridgehead atoms. The molecule has 2 heterocycles. The summed E-state index contributed by atoms with van der Waals surface area (Å²) in [5.41, 5.74) is 4.02. The molecule has 0 saturated heterocycles. The van der Waals surface area contributed by atoms with Crippen LogP contribution in [0.2, 0.25) is 0 Å². The standard InChI is InChI=1S/C26H26N4O5S3/c1-35-26(32)29-21(13-17-5-3-2-4-6-17)24(31)27-22(14-18-7-9-20(10-8-18)30-38(33)34)25-28-23(16-37-25)19-11-12-36-15-19/h2-12,15-16,21-22,38H,13-14H2,1H3,(H,27,31)(H,29,32)(H,30,33,34)/t21-,22-/m0/s1. The lowest BCUT2D eigenvalue weighted by Gasteiger charge is -2.22. The molecule has 0 aliphatic heterocycles. The number of carbonyl (C=O) groups is 2. The summed E-state index contributed by atoms with van der Waals surface area (Å²) in [6, 6.07) is 16.9. The fraction of sp³-hybridized carbons (Fsp3) is 0.192. The van der Waals surface area contributed by atoms with E-state index in [0.29, 0.717) is 17.1 Å². The largest absolute Gasteiger partial charge is 0.453 e. The minimum atomic E-state index is -2.76. The molecule has 2 atom stereocenters. The molecule has 2 amide bonds. The van der Waals surface area contributed by atoms with Crippen molar-refractivity contribution in [1.82, 2.24) is 15.6 Å². The first-order valence-corrected chi connectivity index (χ1v) is 14.6. The number of thiazole rings is 1. The van der Waals surface area contributed by atoms with Crippen LogP contribution in [0.25, 0.3) is 11.3 Å². The molecule has 0 aliphatic rings. The van der Waals surface area contributed by atoms with E-state index in [4.69, 9.17) is 9.72 Å². The van der Waals surface area contributed by atoms with Gasteiger partial charge in [0.2, 0.25) is 16.8 Å². The van der Waals surface area contributed by atoms with Crippen LogP contribution in [0.1, 0.15) is 22.2 Å². The van der Waals surface area contributed by atoms with Crippen LogP contribution in [0, 0.1) is 0 Å². The highest BCUT2D eigenvalue weighted by atomic mass is 32.2. The summed E-state index contributed by atoms with van der Waals surface area (Å²) in [6.45, 7) is 0. The van der Waals surface area contributed by atoms with E-state index in [1.54, 1.807) is 35.6 Å². The number of nitrogens with one attached hydrogen (secondary N) is 3. The molecule has 3 N–H and O–H groups in total. The van der Waals surface area contributed by atoms with E-state index in [0.717, 1.165) is 22.4 Å². The predicted octanol–water partition coefficient (Wildman–Crippen LogP) is 4.18. The molecular formula is C26H26N4O5S3. The zero-order chi connectivity index (χ0) is 26.9. The third-order valence-electron chi connectivity index (χ3n) is 5.64. The highest BCUT2D eigenvalue weighted by Crippen LogP contribution is 2.29. The number of nitrogens with zero attached hydrogens (tertiary/aromatic N) is 1. The third-order valence-corrected chi connectivity index (χ3v) is 7.73. The fourth-order valence-electron chi connectivity index (χ4n) is 3.78. The minimum absolute atomic E-state index is 0.278. The molecule has 38 heavy (non-hydrogen) atoms. The lowest BCUT2D eigenvalue weighted by atomic mass is 10.0. The number of hydrogen-bond acceptors (Lipinski definition) is 8. The Labute approximate surface area is 230 Å². The Balaban J connectivity index is 1.59. The van der Waals surface area contributed by atoms with Gasteiger partial charge in [0, 0.05) is 28.4 Å². The molecule has 0 radical (unpaired) electrons. The van der Waals surface area contributed by atoms with Crippen LogP contribution in [0.15, 0.2) is 76.8 Å². The molecule has 12 heteroatoms. The fourth-order valence-corrected chi connectivity index (χ4v) is 5.67. The van der Waals surface area contributed by atoms with Crippen molar-refractivity contribution in [2.75, 3.05) is 11.8 Å². The maximum Gasteiger partial charge on any atom is 0.407 e. The first-order valence-electron chi connectivity index (χ1n) is 11.6. The van der Waals surface area contributed by atoms with Crippen LogP contribution in [0.4, 0.5) is 10.5 Å². The molecule has 4 aromatic rings. The van der Waals surface area contributed by atoms with Gasteiger partial charge in [-0.15, -0.1) is 11.3 Å². The van der Waals surface area contributed by atoms with Gasteiger partial charge in [0.05, 0.1) is 18.8 Å². The van der Waals surface area contributed by atoms with E-state index in [1.165, 1.54) is 18.4 Å². The number of amides is 2. The maximum absolute atomic E-state index is 13.5. The second-order valence-electron chi connectivity index (χ2n) is 8.29. The zero-order valence-corrected chi connectivity index (χ0v) is 22.9. The second kappa shape index (κ2) is 13.2. The van der Waals surface area contributed by atoms with E-state index < -0.39 is 29.1 Å².